The van der Waals surface area contributed by atoms with Crippen molar-refractivity contribution in [3.63, 3.8) is 0 Å². The van der Waals surface area contributed by atoms with Crippen LogP contribution in [0.2, 0.25) is 0 Å². The molecule has 8 nitrogen and oxygen atoms in total. The Balaban J connectivity index is 1.43. The van der Waals surface area contributed by atoms with E-state index in [-0.39, 0.29) is 6.04 Å². The maximum Gasteiger partial charge on any atom is 0.173 e. The number of ether oxygens (including phenoxy) is 2. The summed E-state index contributed by atoms with van der Waals surface area (Å²) in [6, 6.07) is 15.0. The number of H-pyrrole nitrogens is 1. The van der Waals surface area contributed by atoms with Crippen LogP contribution in [0.4, 0.5) is 0 Å². The van der Waals surface area contributed by atoms with E-state index in [0.717, 1.165) is 55.2 Å². The van der Waals surface area contributed by atoms with Crippen molar-refractivity contribution in [1.29, 1.82) is 0 Å². The molecule has 4 aromatic rings. The molecule has 0 radical (unpaired) electrons. The summed E-state index contributed by atoms with van der Waals surface area (Å²) in [4.78, 5) is 6.16. The van der Waals surface area contributed by atoms with E-state index in [2.05, 4.69) is 66.5 Å². The van der Waals surface area contributed by atoms with Gasteiger partial charge >= 0.3 is 0 Å². The van der Waals surface area contributed by atoms with Crippen molar-refractivity contribution in [2.75, 3.05) is 20.8 Å². The summed E-state index contributed by atoms with van der Waals surface area (Å²) < 4.78 is 13.3. The van der Waals surface area contributed by atoms with Crippen LogP contribution in [0.3, 0.4) is 0 Å². The molecule has 1 saturated carbocycles. The zero-order chi connectivity index (χ0) is 23.8. The normalized spacial score (nSPS) is 17.9. The van der Waals surface area contributed by atoms with E-state index in [9.17, 15) is 0 Å². The number of nitrogens with one attached hydrogen (secondary N) is 1. The van der Waals surface area contributed by atoms with Crippen LogP contribution in [-0.2, 0) is 13.0 Å². The molecule has 1 unspecified atom stereocenters. The molecule has 6 rings (SSSR count). The first-order valence-electron chi connectivity index (χ1n) is 12.6. The van der Waals surface area contributed by atoms with Crippen LogP contribution in [0.15, 0.2) is 42.5 Å². The van der Waals surface area contributed by atoms with Crippen LogP contribution in [-0.4, -0.2) is 50.9 Å². The number of benzene rings is 2. The summed E-state index contributed by atoms with van der Waals surface area (Å²) in [6.07, 6.45) is 6.99. The average molecular weight is 473 g/mol. The van der Waals surface area contributed by atoms with Gasteiger partial charge in [0.1, 0.15) is 0 Å². The van der Waals surface area contributed by atoms with Gasteiger partial charge in [-0.05, 0) is 59.0 Å². The van der Waals surface area contributed by atoms with Gasteiger partial charge in [-0.25, -0.2) is 4.68 Å². The number of hydrogen-bond acceptors (Lipinski definition) is 6. The first kappa shape index (κ1) is 22.1. The summed E-state index contributed by atoms with van der Waals surface area (Å²) in [5.41, 5.74) is 5.01. The van der Waals surface area contributed by atoms with Gasteiger partial charge in [-0.3, -0.25) is 4.90 Å². The topological polar surface area (TPSA) is 81.1 Å². The van der Waals surface area contributed by atoms with Gasteiger partial charge in [0.2, 0.25) is 0 Å². The maximum atomic E-state index is 5.67. The first-order valence-corrected chi connectivity index (χ1v) is 12.6. The molecule has 1 N–H and O–H groups in total. The van der Waals surface area contributed by atoms with E-state index in [1.54, 1.807) is 14.2 Å². The average Bonchev–Trinajstić information content (AvgIpc) is 3.54. The second-order valence-electron chi connectivity index (χ2n) is 9.64. The van der Waals surface area contributed by atoms with Crippen molar-refractivity contribution in [3.05, 3.63) is 65.1 Å². The lowest BCUT2D eigenvalue weighted by atomic mass is 9.94. The fourth-order valence-corrected chi connectivity index (χ4v) is 5.95. The Morgan fingerprint density at radius 2 is 1.83 bits per heavy atom. The molecule has 35 heavy (non-hydrogen) atoms. The predicted octanol–water partition coefficient (Wildman–Crippen LogP) is 4.82. The smallest absolute Gasteiger partial charge is 0.173 e. The molecule has 0 spiro atoms. The molecule has 0 saturated heterocycles. The molecule has 1 atom stereocenters. The molecule has 1 aliphatic carbocycles. The summed E-state index contributed by atoms with van der Waals surface area (Å²) in [6.45, 7) is 1.73. The Morgan fingerprint density at radius 1 is 1.00 bits per heavy atom. The quantitative estimate of drug-likeness (QED) is 0.433. The number of aromatic amines is 1. The SMILES string of the molecule is COc1ccc(C(c2nnnn2C2CCCCC2)N2CCc3c([nH]c4ccccc34)C2)cc1OC. The van der Waals surface area contributed by atoms with Gasteiger partial charge in [0.05, 0.1) is 26.3 Å². The van der Waals surface area contributed by atoms with E-state index in [1.807, 2.05) is 6.07 Å². The Labute approximate surface area is 205 Å². The highest BCUT2D eigenvalue weighted by atomic mass is 16.5. The van der Waals surface area contributed by atoms with Crippen molar-refractivity contribution in [3.8, 4) is 11.5 Å². The van der Waals surface area contributed by atoms with Crippen molar-refractivity contribution in [2.45, 2.75) is 57.2 Å². The zero-order valence-corrected chi connectivity index (χ0v) is 20.4. The number of fused-ring (bicyclic) bond motifs is 3. The van der Waals surface area contributed by atoms with Gasteiger partial charge in [-0.1, -0.05) is 43.5 Å². The van der Waals surface area contributed by atoms with Crippen molar-refractivity contribution < 1.29 is 9.47 Å². The third-order valence-corrected chi connectivity index (χ3v) is 7.68. The molecule has 2 aromatic heterocycles. The number of aromatic nitrogens is 5. The molecule has 182 valence electrons. The Hall–Kier alpha value is -3.39. The highest BCUT2D eigenvalue weighted by Crippen LogP contribution is 2.39. The molecule has 0 amide bonds. The standard InChI is InChI=1S/C27H32N6O2/c1-34-24-13-12-18(16-25(24)35-2)26(27-29-30-31-33(27)19-8-4-3-5-9-19)32-15-14-21-20-10-6-7-11-22(20)28-23(21)17-32/h6-7,10-13,16,19,26,28H,3-5,8-9,14-15,17H2,1-2H3. The zero-order valence-electron chi connectivity index (χ0n) is 20.4. The Morgan fingerprint density at radius 3 is 2.66 bits per heavy atom. The second kappa shape index (κ2) is 9.34. The van der Waals surface area contributed by atoms with Crippen molar-refractivity contribution in [1.82, 2.24) is 30.1 Å². The minimum Gasteiger partial charge on any atom is -0.493 e. The number of tetrazole rings is 1. The lowest BCUT2D eigenvalue weighted by molar-refractivity contribution is 0.186. The molecular formula is C27H32N6O2. The van der Waals surface area contributed by atoms with Crippen LogP contribution in [0.25, 0.3) is 10.9 Å². The van der Waals surface area contributed by atoms with Gasteiger partial charge in [0, 0.05) is 29.7 Å². The number of para-hydroxylation sites is 1. The molecule has 3 heterocycles. The maximum absolute atomic E-state index is 5.67. The summed E-state index contributed by atoms with van der Waals surface area (Å²) in [5, 5.41) is 14.6. The third-order valence-electron chi connectivity index (χ3n) is 7.68. The largest absolute Gasteiger partial charge is 0.493 e. The second-order valence-corrected chi connectivity index (χ2v) is 9.64. The van der Waals surface area contributed by atoms with E-state index in [4.69, 9.17) is 9.47 Å². The van der Waals surface area contributed by atoms with E-state index < -0.39 is 0 Å². The van der Waals surface area contributed by atoms with E-state index in [0.29, 0.717) is 6.04 Å². The van der Waals surface area contributed by atoms with Crippen LogP contribution in [0, 0.1) is 0 Å². The van der Waals surface area contributed by atoms with Gasteiger partial charge in [-0.15, -0.1) is 5.10 Å². The van der Waals surface area contributed by atoms with Crippen LogP contribution < -0.4 is 9.47 Å². The highest BCUT2D eigenvalue weighted by molar-refractivity contribution is 5.84. The molecule has 1 aliphatic heterocycles. The fraction of sp³-hybridized carbons (Fsp3) is 0.444. The summed E-state index contributed by atoms with van der Waals surface area (Å²) in [5.74, 6) is 2.34. The van der Waals surface area contributed by atoms with Gasteiger partial charge in [-0.2, -0.15) is 0 Å². The van der Waals surface area contributed by atoms with Crippen LogP contribution in [0.5, 0.6) is 11.5 Å². The molecule has 8 heteroatoms. The lowest BCUT2D eigenvalue weighted by Crippen LogP contribution is -2.36. The third kappa shape index (κ3) is 3.95. The molecule has 1 fully saturated rings. The lowest BCUT2D eigenvalue weighted by Gasteiger charge is -2.35. The number of rotatable bonds is 6. The minimum absolute atomic E-state index is 0.0914. The number of hydrogen-bond donors (Lipinski definition) is 1. The molecule has 2 aliphatic rings. The van der Waals surface area contributed by atoms with Crippen molar-refractivity contribution in [2.24, 2.45) is 0 Å². The Kier molecular flexibility index (Phi) is 5.90. The minimum atomic E-state index is -0.0914. The van der Waals surface area contributed by atoms with Gasteiger partial charge in [0.15, 0.2) is 17.3 Å². The fourth-order valence-electron chi connectivity index (χ4n) is 5.95. The Bertz CT molecular complexity index is 1320. The predicted molar refractivity (Wildman–Crippen MR) is 134 cm³/mol. The molecule has 0 bridgehead atoms. The number of methoxy groups -OCH3 is 2. The van der Waals surface area contributed by atoms with Crippen molar-refractivity contribution >= 4 is 10.9 Å². The summed E-state index contributed by atoms with van der Waals surface area (Å²) >= 11 is 0. The van der Waals surface area contributed by atoms with Gasteiger partial charge < -0.3 is 14.5 Å². The summed E-state index contributed by atoms with van der Waals surface area (Å²) in [7, 11) is 3.35. The van der Waals surface area contributed by atoms with E-state index >= 15 is 0 Å². The first-order chi connectivity index (χ1) is 17.3. The molecule has 2 aromatic carbocycles. The van der Waals surface area contributed by atoms with Crippen LogP contribution in [0.1, 0.15) is 66.8 Å². The van der Waals surface area contributed by atoms with E-state index in [1.165, 1.54) is 41.4 Å². The van der Waals surface area contributed by atoms with Gasteiger partial charge in [0.25, 0.3) is 0 Å². The monoisotopic (exact) mass is 472 g/mol. The molecular weight excluding hydrogens is 440 g/mol. The number of nitrogens with zero attached hydrogens (tertiary/aromatic N) is 5. The van der Waals surface area contributed by atoms with Crippen LogP contribution >= 0.6 is 0 Å². The highest BCUT2D eigenvalue weighted by Gasteiger charge is 2.34.